The number of carbonyl (C=O) groups is 1. The molecule has 1 aromatic rings. The molecule has 0 fully saturated rings. The van der Waals surface area contributed by atoms with Gasteiger partial charge in [0.25, 0.3) is 5.69 Å². The van der Waals surface area contributed by atoms with Crippen molar-refractivity contribution in [3.63, 3.8) is 0 Å². The van der Waals surface area contributed by atoms with Crippen LogP contribution in [0, 0.1) is 10.1 Å². The van der Waals surface area contributed by atoms with Crippen molar-refractivity contribution in [2.75, 3.05) is 13.7 Å². The van der Waals surface area contributed by atoms with Gasteiger partial charge in [0.05, 0.1) is 17.6 Å². The predicted molar refractivity (Wildman–Crippen MR) is 68.3 cm³/mol. The third-order valence-electron chi connectivity index (χ3n) is 2.92. The van der Waals surface area contributed by atoms with Crippen molar-refractivity contribution in [1.82, 2.24) is 5.32 Å². The van der Waals surface area contributed by atoms with E-state index in [0.29, 0.717) is 5.75 Å². The first kappa shape index (κ1) is 14.9. The molecule has 0 radical (unpaired) electrons. The third kappa shape index (κ3) is 3.92. The van der Waals surface area contributed by atoms with E-state index in [1.165, 1.54) is 18.2 Å². The number of nitrogens with zero attached hydrogens (tertiary/aromatic N) is 1. The predicted octanol–water partition coefficient (Wildman–Crippen LogP) is 1.43. The summed E-state index contributed by atoms with van der Waals surface area (Å²) in [5.74, 6) is -0.629. The normalized spacial score (nSPS) is 13.6. The molecule has 7 heteroatoms. The molecule has 0 saturated heterocycles. The molecule has 1 rings (SSSR count). The van der Waals surface area contributed by atoms with E-state index in [1.54, 1.807) is 20.0 Å². The first-order valence-electron chi connectivity index (χ1n) is 5.68. The van der Waals surface area contributed by atoms with Gasteiger partial charge in [0.15, 0.2) is 0 Å². The van der Waals surface area contributed by atoms with E-state index in [0.717, 1.165) is 0 Å². The van der Waals surface area contributed by atoms with Gasteiger partial charge in [-0.25, -0.2) is 0 Å². The SMILES string of the molecule is CNC(C)(CCOc1cccc([N+](=O)[O-])c1)C(=O)O. The van der Waals surface area contributed by atoms with Gasteiger partial charge in [0.1, 0.15) is 11.3 Å². The Morgan fingerprint density at radius 2 is 2.26 bits per heavy atom. The molecule has 0 heterocycles. The van der Waals surface area contributed by atoms with E-state index in [2.05, 4.69) is 5.32 Å². The summed E-state index contributed by atoms with van der Waals surface area (Å²) < 4.78 is 5.34. The van der Waals surface area contributed by atoms with Crippen LogP contribution in [-0.2, 0) is 4.79 Å². The lowest BCUT2D eigenvalue weighted by Crippen LogP contribution is -2.48. The molecular weight excluding hydrogens is 252 g/mol. The molecule has 0 aliphatic carbocycles. The molecule has 0 aliphatic heterocycles. The monoisotopic (exact) mass is 268 g/mol. The Hall–Kier alpha value is -2.15. The molecule has 0 amide bonds. The number of carboxylic acids is 1. The number of nitro groups is 1. The minimum absolute atomic E-state index is 0.0629. The Kier molecular flexibility index (Phi) is 4.82. The van der Waals surface area contributed by atoms with Gasteiger partial charge in [0.2, 0.25) is 0 Å². The zero-order chi connectivity index (χ0) is 14.5. The maximum absolute atomic E-state index is 11.0. The van der Waals surface area contributed by atoms with E-state index in [1.807, 2.05) is 0 Å². The average Bonchev–Trinajstić information content (AvgIpc) is 2.38. The quantitative estimate of drug-likeness (QED) is 0.573. The fourth-order valence-corrected chi connectivity index (χ4v) is 1.40. The van der Waals surface area contributed by atoms with E-state index in [4.69, 9.17) is 9.84 Å². The molecule has 0 aromatic heterocycles. The highest BCUT2D eigenvalue weighted by Gasteiger charge is 2.30. The van der Waals surface area contributed by atoms with Crippen molar-refractivity contribution in [3.05, 3.63) is 34.4 Å². The standard InChI is InChI=1S/C12H16N2O5/c1-12(13-2,11(15)16)6-7-19-10-5-3-4-9(8-10)14(17)18/h3-5,8,13H,6-7H2,1-2H3,(H,15,16). The second-order valence-corrected chi connectivity index (χ2v) is 4.24. The minimum Gasteiger partial charge on any atom is -0.493 e. The van der Waals surface area contributed by atoms with Crippen molar-refractivity contribution >= 4 is 11.7 Å². The lowest BCUT2D eigenvalue weighted by Gasteiger charge is -2.23. The maximum atomic E-state index is 11.0. The van der Waals surface area contributed by atoms with Gasteiger partial charge in [-0.15, -0.1) is 0 Å². The second-order valence-electron chi connectivity index (χ2n) is 4.24. The van der Waals surface area contributed by atoms with Gasteiger partial charge in [-0.2, -0.15) is 0 Å². The van der Waals surface area contributed by atoms with Crippen LogP contribution in [0.5, 0.6) is 5.75 Å². The minimum atomic E-state index is -1.08. The number of aliphatic carboxylic acids is 1. The Morgan fingerprint density at radius 3 is 2.79 bits per heavy atom. The Bertz CT molecular complexity index is 477. The summed E-state index contributed by atoms with van der Waals surface area (Å²) in [5, 5.41) is 22.3. The fraction of sp³-hybridized carbons (Fsp3) is 0.417. The highest BCUT2D eigenvalue weighted by atomic mass is 16.6. The van der Waals surface area contributed by atoms with Crippen LogP contribution in [0.2, 0.25) is 0 Å². The molecule has 19 heavy (non-hydrogen) atoms. The molecule has 104 valence electrons. The molecule has 2 N–H and O–H groups in total. The molecule has 0 aliphatic rings. The van der Waals surface area contributed by atoms with Crippen LogP contribution in [-0.4, -0.2) is 35.2 Å². The van der Waals surface area contributed by atoms with Crippen LogP contribution >= 0.6 is 0 Å². The second kappa shape index (κ2) is 6.14. The largest absolute Gasteiger partial charge is 0.493 e. The summed E-state index contributed by atoms with van der Waals surface area (Å²) in [6, 6.07) is 5.77. The van der Waals surface area contributed by atoms with Crippen molar-refractivity contribution < 1.29 is 19.6 Å². The Morgan fingerprint density at radius 1 is 1.58 bits per heavy atom. The Balaban J connectivity index is 2.60. The van der Waals surface area contributed by atoms with E-state index in [9.17, 15) is 14.9 Å². The van der Waals surface area contributed by atoms with Gasteiger partial charge in [-0.1, -0.05) is 6.07 Å². The average molecular weight is 268 g/mol. The molecule has 1 atom stereocenters. The van der Waals surface area contributed by atoms with E-state index < -0.39 is 16.4 Å². The van der Waals surface area contributed by atoms with E-state index >= 15 is 0 Å². The lowest BCUT2D eigenvalue weighted by molar-refractivity contribution is -0.384. The zero-order valence-corrected chi connectivity index (χ0v) is 10.8. The van der Waals surface area contributed by atoms with Gasteiger partial charge < -0.3 is 15.2 Å². The number of nitro benzene ring substituents is 1. The van der Waals surface area contributed by atoms with Crippen molar-refractivity contribution in [3.8, 4) is 5.75 Å². The highest BCUT2D eigenvalue weighted by Crippen LogP contribution is 2.20. The highest BCUT2D eigenvalue weighted by molar-refractivity contribution is 5.78. The molecule has 0 spiro atoms. The summed E-state index contributed by atoms with van der Waals surface area (Å²) in [6.45, 7) is 1.69. The number of likely N-dealkylation sites (N-methyl/N-ethyl adjacent to an activating group) is 1. The number of hydrogen-bond donors (Lipinski definition) is 2. The number of ether oxygens (including phenoxy) is 1. The molecule has 1 unspecified atom stereocenters. The summed E-state index contributed by atoms with van der Waals surface area (Å²) in [5.41, 5.74) is -1.15. The van der Waals surface area contributed by atoms with Crippen LogP contribution in [0.1, 0.15) is 13.3 Å². The Labute approximate surface area is 110 Å². The van der Waals surface area contributed by atoms with E-state index in [-0.39, 0.29) is 18.7 Å². The lowest BCUT2D eigenvalue weighted by atomic mass is 9.99. The van der Waals surface area contributed by atoms with Crippen LogP contribution < -0.4 is 10.1 Å². The van der Waals surface area contributed by atoms with Crippen LogP contribution in [0.15, 0.2) is 24.3 Å². The first-order chi connectivity index (χ1) is 8.89. The van der Waals surface area contributed by atoms with Crippen LogP contribution in [0.3, 0.4) is 0 Å². The molecular formula is C12H16N2O5. The number of hydrogen-bond acceptors (Lipinski definition) is 5. The molecule has 0 bridgehead atoms. The van der Waals surface area contributed by atoms with Crippen molar-refractivity contribution in [1.29, 1.82) is 0 Å². The van der Waals surface area contributed by atoms with Gasteiger partial charge in [0, 0.05) is 12.5 Å². The topological polar surface area (TPSA) is 102 Å². The first-order valence-corrected chi connectivity index (χ1v) is 5.68. The zero-order valence-electron chi connectivity index (χ0n) is 10.8. The van der Waals surface area contributed by atoms with Gasteiger partial charge >= 0.3 is 5.97 Å². The number of non-ortho nitro benzene ring substituents is 1. The van der Waals surface area contributed by atoms with Crippen molar-refractivity contribution in [2.24, 2.45) is 0 Å². The van der Waals surface area contributed by atoms with Gasteiger partial charge in [-0.05, 0) is 20.0 Å². The third-order valence-corrected chi connectivity index (χ3v) is 2.92. The molecule has 0 saturated carbocycles. The number of benzene rings is 1. The van der Waals surface area contributed by atoms with Crippen LogP contribution in [0.4, 0.5) is 5.69 Å². The number of nitrogens with one attached hydrogen (secondary N) is 1. The smallest absolute Gasteiger partial charge is 0.323 e. The molecule has 7 nitrogen and oxygen atoms in total. The van der Waals surface area contributed by atoms with Gasteiger partial charge in [-0.3, -0.25) is 14.9 Å². The summed E-state index contributed by atoms with van der Waals surface area (Å²) in [6.07, 6.45) is 0.238. The number of rotatable bonds is 7. The van der Waals surface area contributed by atoms with Crippen LogP contribution in [0.25, 0.3) is 0 Å². The maximum Gasteiger partial charge on any atom is 0.323 e. The summed E-state index contributed by atoms with van der Waals surface area (Å²) in [7, 11) is 1.56. The number of carboxylic acid groups (broad SMARTS) is 1. The van der Waals surface area contributed by atoms with Crippen molar-refractivity contribution in [2.45, 2.75) is 18.9 Å². The molecule has 1 aromatic carbocycles. The summed E-state index contributed by atoms with van der Waals surface area (Å²) in [4.78, 5) is 21.1. The fourth-order valence-electron chi connectivity index (χ4n) is 1.40. The summed E-state index contributed by atoms with van der Waals surface area (Å²) >= 11 is 0.